The van der Waals surface area contributed by atoms with Crippen LogP contribution in [0.4, 0.5) is 14.5 Å². The topological polar surface area (TPSA) is 81.3 Å². The van der Waals surface area contributed by atoms with Crippen molar-refractivity contribution in [2.75, 3.05) is 5.32 Å². The molecule has 0 aliphatic rings. The highest BCUT2D eigenvalue weighted by molar-refractivity contribution is 8.00. The number of halogens is 2. The maximum atomic E-state index is 13.5. The summed E-state index contributed by atoms with van der Waals surface area (Å²) in [7, 11) is 0. The predicted octanol–water partition coefficient (Wildman–Crippen LogP) is 4.63. The molecule has 0 aliphatic carbocycles. The maximum absolute atomic E-state index is 13.5. The van der Waals surface area contributed by atoms with Gasteiger partial charge in [0.2, 0.25) is 11.7 Å². The predicted molar refractivity (Wildman–Crippen MR) is 125 cm³/mol. The zero-order valence-electron chi connectivity index (χ0n) is 18.2. The van der Waals surface area contributed by atoms with Gasteiger partial charge in [-0.25, -0.2) is 8.78 Å². The molecule has 2 heterocycles. The number of hydrogen-bond donors (Lipinski definition) is 1. The molecule has 1 unspecified atom stereocenters. The van der Waals surface area contributed by atoms with E-state index < -0.39 is 22.8 Å². The van der Waals surface area contributed by atoms with E-state index in [0.717, 1.165) is 31.4 Å². The second-order valence-electron chi connectivity index (χ2n) is 7.68. The van der Waals surface area contributed by atoms with Crippen LogP contribution < -0.4 is 10.9 Å². The number of carbonyl (C=O) groups excluding carboxylic acids is 1. The number of aryl methyl sites for hydroxylation is 1. The maximum Gasteiger partial charge on any atom is 0.262 e. The minimum absolute atomic E-state index is 0.123. The van der Waals surface area contributed by atoms with Crippen LogP contribution in [0, 0.1) is 11.6 Å². The quantitative estimate of drug-likeness (QED) is 0.299. The van der Waals surface area contributed by atoms with E-state index in [1.54, 1.807) is 28.0 Å². The van der Waals surface area contributed by atoms with E-state index in [4.69, 9.17) is 0 Å². The third-order valence-electron chi connectivity index (χ3n) is 5.30. The molecule has 4 rings (SSSR count). The number of anilines is 1. The summed E-state index contributed by atoms with van der Waals surface area (Å²) in [5, 5.41) is 11.5. The van der Waals surface area contributed by atoms with Crippen molar-refractivity contribution in [3.8, 4) is 0 Å². The van der Waals surface area contributed by atoms with Crippen molar-refractivity contribution in [3.05, 3.63) is 64.5 Å². The molecule has 2 aromatic heterocycles. The largest absolute Gasteiger partial charge is 0.325 e. The van der Waals surface area contributed by atoms with Crippen LogP contribution >= 0.6 is 11.8 Å². The summed E-state index contributed by atoms with van der Waals surface area (Å²) in [5.41, 5.74) is 0.694. The first-order chi connectivity index (χ1) is 15.9. The van der Waals surface area contributed by atoms with E-state index in [0.29, 0.717) is 28.4 Å². The van der Waals surface area contributed by atoms with Gasteiger partial charge in [0.1, 0.15) is 0 Å². The minimum atomic E-state index is -1.04. The Morgan fingerprint density at radius 3 is 2.67 bits per heavy atom. The normalized spacial score (nSPS) is 12.4. The molecule has 0 saturated carbocycles. The highest BCUT2D eigenvalue weighted by atomic mass is 32.2. The van der Waals surface area contributed by atoms with Crippen LogP contribution in [0.25, 0.3) is 16.7 Å². The van der Waals surface area contributed by atoms with Crippen LogP contribution in [0.5, 0.6) is 0 Å². The van der Waals surface area contributed by atoms with E-state index >= 15 is 0 Å². The van der Waals surface area contributed by atoms with Crippen molar-refractivity contribution in [1.82, 2.24) is 19.2 Å². The smallest absolute Gasteiger partial charge is 0.262 e. The second-order valence-corrected chi connectivity index (χ2v) is 8.99. The molecule has 4 aromatic rings. The Bertz CT molecular complexity index is 1380. The molecule has 0 spiro atoms. The van der Waals surface area contributed by atoms with Gasteiger partial charge in [0.15, 0.2) is 16.8 Å². The third-order valence-corrected chi connectivity index (χ3v) is 6.34. The fraction of sp³-hybridized carbons (Fsp3) is 0.304. The number of fused-ring (bicyclic) bond motifs is 3. The lowest BCUT2D eigenvalue weighted by Gasteiger charge is -2.13. The Morgan fingerprint density at radius 1 is 1.12 bits per heavy atom. The van der Waals surface area contributed by atoms with E-state index in [-0.39, 0.29) is 11.2 Å². The molecule has 2 aromatic carbocycles. The summed E-state index contributed by atoms with van der Waals surface area (Å²) >= 11 is 1.17. The van der Waals surface area contributed by atoms with Crippen molar-refractivity contribution in [2.24, 2.45) is 0 Å². The fourth-order valence-corrected chi connectivity index (χ4v) is 4.42. The van der Waals surface area contributed by atoms with Crippen LogP contribution in [0.1, 0.15) is 33.1 Å². The van der Waals surface area contributed by atoms with Gasteiger partial charge in [0, 0.05) is 18.3 Å². The average Bonchev–Trinajstić information content (AvgIpc) is 3.22. The lowest BCUT2D eigenvalue weighted by atomic mass is 10.2. The summed E-state index contributed by atoms with van der Waals surface area (Å²) in [6, 6.07) is 10.4. The van der Waals surface area contributed by atoms with Crippen LogP contribution in [-0.4, -0.2) is 30.3 Å². The van der Waals surface area contributed by atoms with Gasteiger partial charge < -0.3 is 5.32 Å². The minimum Gasteiger partial charge on any atom is -0.325 e. The standard InChI is InChI=1S/C23H23F2N5O2S/c1-3-4-7-12-29-21(32)16-8-5-6-9-19(16)30-22(29)27-28-23(30)33-14(2)20(31)26-15-10-11-17(24)18(25)13-15/h5-6,8-11,13-14H,3-4,7,12H2,1-2H3,(H,26,31). The first-order valence-corrected chi connectivity index (χ1v) is 11.6. The molecule has 10 heteroatoms. The molecule has 0 radical (unpaired) electrons. The first kappa shape index (κ1) is 22.9. The van der Waals surface area contributed by atoms with E-state index in [1.807, 2.05) is 12.1 Å². The molecule has 0 bridgehead atoms. The summed E-state index contributed by atoms with van der Waals surface area (Å²) in [6.45, 7) is 4.30. The number of thioether (sulfide) groups is 1. The average molecular weight is 472 g/mol. The van der Waals surface area contributed by atoms with Crippen LogP contribution in [0.15, 0.2) is 52.4 Å². The number of nitrogens with zero attached hydrogens (tertiary/aromatic N) is 4. The zero-order chi connectivity index (χ0) is 23.5. The third kappa shape index (κ3) is 4.61. The number of nitrogens with one attached hydrogen (secondary N) is 1. The van der Waals surface area contributed by atoms with Crippen molar-refractivity contribution >= 4 is 40.0 Å². The van der Waals surface area contributed by atoms with Crippen molar-refractivity contribution in [1.29, 1.82) is 0 Å². The number of hydrogen-bond acceptors (Lipinski definition) is 5. The second kappa shape index (κ2) is 9.70. The zero-order valence-corrected chi connectivity index (χ0v) is 19.0. The molecule has 0 aliphatic heterocycles. The lowest BCUT2D eigenvalue weighted by molar-refractivity contribution is -0.115. The van der Waals surface area contributed by atoms with Gasteiger partial charge in [-0.05, 0) is 37.6 Å². The fourth-order valence-electron chi connectivity index (χ4n) is 3.56. The molecule has 33 heavy (non-hydrogen) atoms. The number of benzene rings is 2. The Balaban J connectivity index is 1.67. The van der Waals surface area contributed by atoms with E-state index in [9.17, 15) is 18.4 Å². The number of aromatic nitrogens is 4. The Kier molecular flexibility index (Phi) is 6.73. The molecule has 1 N–H and O–H groups in total. The van der Waals surface area contributed by atoms with Crippen LogP contribution in [0.2, 0.25) is 0 Å². The van der Waals surface area contributed by atoms with Crippen molar-refractivity contribution < 1.29 is 13.6 Å². The first-order valence-electron chi connectivity index (χ1n) is 10.7. The Morgan fingerprint density at radius 2 is 1.91 bits per heavy atom. The Labute approximate surface area is 192 Å². The lowest BCUT2D eigenvalue weighted by Crippen LogP contribution is -2.24. The summed E-state index contributed by atoms with van der Waals surface area (Å²) in [6.07, 6.45) is 2.85. The molecule has 1 amide bonds. The van der Waals surface area contributed by atoms with Gasteiger partial charge in [-0.1, -0.05) is 43.7 Å². The molecular formula is C23H23F2N5O2S. The highest BCUT2D eigenvalue weighted by Gasteiger charge is 2.22. The summed E-state index contributed by atoms with van der Waals surface area (Å²) in [5.74, 6) is -2.00. The number of amides is 1. The molecule has 0 saturated heterocycles. The van der Waals surface area contributed by atoms with Gasteiger partial charge in [-0.3, -0.25) is 18.6 Å². The van der Waals surface area contributed by atoms with Gasteiger partial charge >= 0.3 is 0 Å². The molecular weight excluding hydrogens is 448 g/mol. The number of unbranched alkanes of at least 4 members (excludes halogenated alkanes) is 2. The van der Waals surface area contributed by atoms with Crippen molar-refractivity contribution in [2.45, 2.75) is 50.1 Å². The van der Waals surface area contributed by atoms with Gasteiger partial charge in [0.25, 0.3) is 5.56 Å². The number of carbonyl (C=O) groups is 1. The summed E-state index contributed by atoms with van der Waals surface area (Å²) in [4.78, 5) is 25.8. The highest BCUT2D eigenvalue weighted by Crippen LogP contribution is 2.26. The van der Waals surface area contributed by atoms with Gasteiger partial charge in [0.05, 0.1) is 16.2 Å². The number of rotatable bonds is 8. The van der Waals surface area contributed by atoms with E-state index in [2.05, 4.69) is 22.4 Å². The van der Waals surface area contributed by atoms with E-state index in [1.165, 1.54) is 17.8 Å². The molecule has 7 nitrogen and oxygen atoms in total. The summed E-state index contributed by atoms with van der Waals surface area (Å²) < 4.78 is 30.0. The van der Waals surface area contributed by atoms with Crippen LogP contribution in [0.3, 0.4) is 0 Å². The Hall–Kier alpha value is -3.27. The molecule has 1 atom stereocenters. The van der Waals surface area contributed by atoms with Gasteiger partial charge in [-0.15, -0.1) is 10.2 Å². The monoisotopic (exact) mass is 471 g/mol. The van der Waals surface area contributed by atoms with Crippen molar-refractivity contribution in [3.63, 3.8) is 0 Å². The molecule has 172 valence electrons. The van der Waals surface area contributed by atoms with Gasteiger partial charge in [-0.2, -0.15) is 0 Å². The van der Waals surface area contributed by atoms with Crippen LogP contribution in [-0.2, 0) is 11.3 Å². The molecule has 0 fully saturated rings. The number of para-hydroxylation sites is 1. The SMILES string of the molecule is CCCCCn1c(=O)c2ccccc2n2c(SC(C)C(=O)Nc3ccc(F)c(F)c3)nnc12.